The van der Waals surface area contributed by atoms with E-state index in [0.29, 0.717) is 5.92 Å². The maximum atomic E-state index is 5.34. The molecule has 3 rings (SSSR count). The number of aromatic nitrogens is 2. The van der Waals surface area contributed by atoms with Crippen LogP contribution in [-0.2, 0) is 4.74 Å². The van der Waals surface area contributed by atoms with Crippen molar-refractivity contribution in [3.05, 3.63) is 12.3 Å². The minimum atomic E-state index is 0.709. The number of anilines is 2. The average Bonchev–Trinajstić information content (AvgIpc) is 2.38. The van der Waals surface area contributed by atoms with Gasteiger partial charge in [0.25, 0.3) is 0 Å². The number of nitrogens with zero attached hydrogens (tertiary/aromatic N) is 3. The van der Waals surface area contributed by atoms with Crippen molar-refractivity contribution in [3.8, 4) is 0 Å². The second kappa shape index (κ2) is 5.49. The highest BCUT2D eigenvalue weighted by Crippen LogP contribution is 2.14. The minimum Gasteiger partial charge on any atom is -0.378 e. The summed E-state index contributed by atoms with van der Waals surface area (Å²) >= 11 is 0. The Labute approximate surface area is 107 Å². The lowest BCUT2D eigenvalue weighted by Gasteiger charge is -2.29. The topological polar surface area (TPSA) is 62.3 Å². The zero-order valence-corrected chi connectivity index (χ0v) is 10.4. The van der Waals surface area contributed by atoms with Crippen LogP contribution in [0.25, 0.3) is 0 Å². The predicted molar refractivity (Wildman–Crippen MR) is 69.9 cm³/mol. The molecule has 2 aliphatic heterocycles. The third-order valence-electron chi connectivity index (χ3n) is 3.39. The molecule has 2 aliphatic rings. The number of hydrogen-bond donors (Lipinski definition) is 2. The molecule has 0 spiro atoms. The van der Waals surface area contributed by atoms with E-state index in [-0.39, 0.29) is 0 Å². The Bertz CT molecular complexity index is 390. The van der Waals surface area contributed by atoms with E-state index in [1.807, 2.05) is 12.3 Å². The number of nitrogens with one attached hydrogen (secondary N) is 2. The highest BCUT2D eigenvalue weighted by atomic mass is 16.5. The maximum Gasteiger partial charge on any atom is 0.224 e. The van der Waals surface area contributed by atoms with Crippen molar-refractivity contribution in [3.63, 3.8) is 0 Å². The molecule has 0 aliphatic carbocycles. The third kappa shape index (κ3) is 2.70. The molecule has 0 aromatic carbocycles. The van der Waals surface area contributed by atoms with E-state index in [9.17, 15) is 0 Å². The zero-order chi connectivity index (χ0) is 12.2. The van der Waals surface area contributed by atoms with Crippen molar-refractivity contribution >= 4 is 11.8 Å². The largest absolute Gasteiger partial charge is 0.378 e. The van der Waals surface area contributed by atoms with E-state index in [4.69, 9.17) is 4.74 Å². The Morgan fingerprint density at radius 2 is 2.22 bits per heavy atom. The Kier molecular flexibility index (Phi) is 3.56. The quantitative estimate of drug-likeness (QED) is 0.780. The predicted octanol–water partition coefficient (Wildman–Crippen LogP) is -0.0555. The van der Waals surface area contributed by atoms with Crippen LogP contribution in [0.15, 0.2) is 12.3 Å². The first-order valence-corrected chi connectivity index (χ1v) is 6.52. The van der Waals surface area contributed by atoms with Crippen molar-refractivity contribution in [2.75, 3.05) is 56.2 Å². The van der Waals surface area contributed by atoms with Gasteiger partial charge in [0.05, 0.1) is 13.2 Å². The fraction of sp³-hybridized carbons (Fsp3) is 0.667. The molecule has 18 heavy (non-hydrogen) atoms. The Balaban J connectivity index is 1.60. The van der Waals surface area contributed by atoms with Gasteiger partial charge in [-0.25, -0.2) is 4.98 Å². The molecule has 3 heterocycles. The molecule has 0 unspecified atom stereocenters. The molecule has 2 N–H and O–H groups in total. The third-order valence-corrected chi connectivity index (χ3v) is 3.39. The molecule has 0 amide bonds. The first kappa shape index (κ1) is 11.7. The highest BCUT2D eigenvalue weighted by molar-refractivity contribution is 5.42. The minimum absolute atomic E-state index is 0.709. The van der Waals surface area contributed by atoms with Crippen molar-refractivity contribution < 1.29 is 4.74 Å². The van der Waals surface area contributed by atoms with Crippen molar-refractivity contribution in [2.45, 2.75) is 0 Å². The Morgan fingerprint density at radius 3 is 2.94 bits per heavy atom. The molecule has 0 saturated carbocycles. The van der Waals surface area contributed by atoms with Crippen LogP contribution in [0.4, 0.5) is 11.8 Å². The molecule has 6 nitrogen and oxygen atoms in total. The maximum absolute atomic E-state index is 5.34. The van der Waals surface area contributed by atoms with E-state index >= 15 is 0 Å². The molecule has 6 heteroatoms. The van der Waals surface area contributed by atoms with Gasteiger partial charge >= 0.3 is 0 Å². The number of hydrogen-bond acceptors (Lipinski definition) is 6. The van der Waals surface area contributed by atoms with Gasteiger partial charge in [0.2, 0.25) is 5.95 Å². The van der Waals surface area contributed by atoms with Crippen LogP contribution in [0.3, 0.4) is 0 Å². The average molecular weight is 249 g/mol. The van der Waals surface area contributed by atoms with Crippen molar-refractivity contribution in [1.29, 1.82) is 0 Å². The Morgan fingerprint density at radius 1 is 1.39 bits per heavy atom. The smallest absolute Gasteiger partial charge is 0.224 e. The summed E-state index contributed by atoms with van der Waals surface area (Å²) in [6.07, 6.45) is 1.82. The van der Waals surface area contributed by atoms with Gasteiger partial charge in [-0.15, -0.1) is 0 Å². The second-order valence-corrected chi connectivity index (χ2v) is 4.74. The molecule has 0 bridgehead atoms. The van der Waals surface area contributed by atoms with Crippen LogP contribution < -0.4 is 15.5 Å². The molecular formula is C12H19N5O. The van der Waals surface area contributed by atoms with Gasteiger partial charge in [-0.05, 0) is 6.07 Å². The highest BCUT2D eigenvalue weighted by Gasteiger charge is 2.17. The van der Waals surface area contributed by atoms with Crippen LogP contribution in [-0.4, -0.2) is 55.9 Å². The number of morpholine rings is 1. The summed E-state index contributed by atoms with van der Waals surface area (Å²) in [5, 5.41) is 6.56. The second-order valence-electron chi connectivity index (χ2n) is 4.74. The molecule has 0 atom stereocenters. The lowest BCUT2D eigenvalue weighted by atomic mass is 10.0. The first-order chi connectivity index (χ1) is 8.92. The lowest BCUT2D eigenvalue weighted by molar-refractivity contribution is 0.122. The molecule has 2 fully saturated rings. The summed E-state index contributed by atoms with van der Waals surface area (Å²) in [6, 6.07) is 1.96. The van der Waals surface area contributed by atoms with E-state index in [1.54, 1.807) is 0 Å². The molecule has 1 aromatic rings. The van der Waals surface area contributed by atoms with Gasteiger partial charge < -0.3 is 20.3 Å². The Hall–Kier alpha value is -1.40. The van der Waals surface area contributed by atoms with Crippen LogP contribution in [0, 0.1) is 5.92 Å². The summed E-state index contributed by atoms with van der Waals surface area (Å²) < 4.78 is 5.34. The molecular weight excluding hydrogens is 230 g/mol. The van der Waals surface area contributed by atoms with Crippen LogP contribution in [0.5, 0.6) is 0 Å². The van der Waals surface area contributed by atoms with Gasteiger partial charge in [0.15, 0.2) is 0 Å². The fourth-order valence-electron chi connectivity index (χ4n) is 2.13. The van der Waals surface area contributed by atoms with Gasteiger partial charge in [0.1, 0.15) is 5.82 Å². The molecule has 0 radical (unpaired) electrons. The van der Waals surface area contributed by atoms with Crippen LogP contribution >= 0.6 is 0 Å². The van der Waals surface area contributed by atoms with Crippen LogP contribution in [0.2, 0.25) is 0 Å². The van der Waals surface area contributed by atoms with E-state index in [0.717, 1.165) is 57.7 Å². The molecule has 98 valence electrons. The summed E-state index contributed by atoms with van der Waals surface area (Å²) in [5.74, 6) is 2.43. The van der Waals surface area contributed by atoms with E-state index < -0.39 is 0 Å². The first-order valence-electron chi connectivity index (χ1n) is 6.52. The fourth-order valence-corrected chi connectivity index (χ4v) is 2.13. The van der Waals surface area contributed by atoms with Crippen molar-refractivity contribution in [2.24, 2.45) is 5.92 Å². The number of ether oxygens (including phenoxy) is 1. The SMILES string of the molecule is c1cc(N2CCOCC2)nc(NCC2CNC2)n1. The van der Waals surface area contributed by atoms with Gasteiger partial charge in [-0.1, -0.05) is 0 Å². The van der Waals surface area contributed by atoms with Crippen molar-refractivity contribution in [1.82, 2.24) is 15.3 Å². The summed E-state index contributed by atoms with van der Waals surface area (Å²) in [7, 11) is 0. The number of rotatable bonds is 4. The van der Waals surface area contributed by atoms with E-state index in [2.05, 4.69) is 25.5 Å². The summed E-state index contributed by atoms with van der Waals surface area (Å²) in [4.78, 5) is 11.1. The van der Waals surface area contributed by atoms with Gasteiger partial charge in [0, 0.05) is 44.8 Å². The summed E-state index contributed by atoms with van der Waals surface area (Å²) in [5.41, 5.74) is 0. The van der Waals surface area contributed by atoms with Gasteiger partial charge in [-0.2, -0.15) is 4.98 Å². The van der Waals surface area contributed by atoms with Gasteiger partial charge in [-0.3, -0.25) is 0 Å². The monoisotopic (exact) mass is 249 g/mol. The normalized spacial score (nSPS) is 20.6. The molecule has 1 aromatic heterocycles. The standard InChI is InChI=1S/C12H19N5O/c1-2-14-12(15-9-10-7-13-8-10)16-11(1)17-3-5-18-6-4-17/h1-2,10,13H,3-9H2,(H,14,15,16). The summed E-state index contributed by atoms with van der Waals surface area (Å²) in [6.45, 7) is 6.50. The lowest BCUT2D eigenvalue weighted by Crippen LogP contribution is -2.45. The molecule has 2 saturated heterocycles. The van der Waals surface area contributed by atoms with Crippen LogP contribution in [0.1, 0.15) is 0 Å². The zero-order valence-electron chi connectivity index (χ0n) is 10.4. The van der Waals surface area contributed by atoms with E-state index in [1.165, 1.54) is 0 Å².